The van der Waals surface area contributed by atoms with E-state index in [4.69, 9.17) is 9.47 Å². The van der Waals surface area contributed by atoms with Crippen molar-refractivity contribution in [1.29, 1.82) is 0 Å². The molecule has 1 aromatic rings. The Hall–Kier alpha value is -1.22. The van der Waals surface area contributed by atoms with E-state index in [0.29, 0.717) is 6.04 Å². The second-order valence-electron chi connectivity index (χ2n) is 5.39. The number of hydrogen-bond acceptors (Lipinski definition) is 3. The number of anilines is 1. The van der Waals surface area contributed by atoms with Crippen LogP contribution < -0.4 is 10.1 Å². The highest BCUT2D eigenvalue weighted by Crippen LogP contribution is 2.36. The zero-order valence-electron chi connectivity index (χ0n) is 12.2. The number of methoxy groups -OCH3 is 1. The molecule has 1 fully saturated rings. The predicted octanol–water partition coefficient (Wildman–Crippen LogP) is 3.62. The van der Waals surface area contributed by atoms with Gasteiger partial charge in [-0.25, -0.2) is 0 Å². The van der Waals surface area contributed by atoms with Gasteiger partial charge in [-0.05, 0) is 49.8 Å². The van der Waals surface area contributed by atoms with Crippen molar-refractivity contribution < 1.29 is 9.47 Å². The summed E-state index contributed by atoms with van der Waals surface area (Å²) in [6.45, 7) is 5.74. The molecule has 1 saturated carbocycles. The van der Waals surface area contributed by atoms with Crippen LogP contribution in [-0.2, 0) is 4.74 Å². The van der Waals surface area contributed by atoms with E-state index in [-0.39, 0.29) is 0 Å². The van der Waals surface area contributed by atoms with Crippen molar-refractivity contribution in [3.63, 3.8) is 0 Å². The van der Waals surface area contributed by atoms with Crippen LogP contribution in [0.25, 0.3) is 0 Å². The van der Waals surface area contributed by atoms with Crippen molar-refractivity contribution in [2.45, 2.75) is 39.2 Å². The van der Waals surface area contributed by atoms with Crippen LogP contribution in [0.3, 0.4) is 0 Å². The summed E-state index contributed by atoms with van der Waals surface area (Å²) < 4.78 is 11.2. The molecule has 0 radical (unpaired) electrons. The maximum absolute atomic E-state index is 5.84. The van der Waals surface area contributed by atoms with Crippen LogP contribution >= 0.6 is 0 Å². The molecule has 0 amide bonds. The van der Waals surface area contributed by atoms with Crippen molar-refractivity contribution >= 4 is 5.69 Å². The molecule has 3 heteroatoms. The average molecular weight is 263 g/mol. The minimum atomic E-state index is 0.400. The van der Waals surface area contributed by atoms with Gasteiger partial charge in [0.25, 0.3) is 0 Å². The van der Waals surface area contributed by atoms with Crippen LogP contribution in [0.4, 0.5) is 5.69 Å². The number of ether oxygens (including phenoxy) is 2. The smallest absolute Gasteiger partial charge is 0.142 e. The van der Waals surface area contributed by atoms with Crippen LogP contribution in [0.15, 0.2) is 18.2 Å². The molecule has 0 aliphatic heterocycles. The molecule has 2 rings (SSSR count). The van der Waals surface area contributed by atoms with Gasteiger partial charge in [0.15, 0.2) is 0 Å². The Bertz CT molecular complexity index is 402. The highest BCUT2D eigenvalue weighted by molar-refractivity contribution is 5.58. The SMILES string of the molecule is CCCOc1cc(C)ccc1NC(COC)C1CC1. The van der Waals surface area contributed by atoms with E-state index < -0.39 is 0 Å². The zero-order chi connectivity index (χ0) is 13.7. The van der Waals surface area contributed by atoms with Crippen LogP contribution in [0, 0.1) is 12.8 Å². The van der Waals surface area contributed by atoms with Crippen LogP contribution in [0.2, 0.25) is 0 Å². The van der Waals surface area contributed by atoms with Gasteiger partial charge in [0.1, 0.15) is 5.75 Å². The largest absolute Gasteiger partial charge is 0.491 e. The second-order valence-corrected chi connectivity index (χ2v) is 5.39. The first kappa shape index (κ1) is 14.2. The number of nitrogens with one attached hydrogen (secondary N) is 1. The van der Waals surface area contributed by atoms with Crippen molar-refractivity contribution in [2.75, 3.05) is 25.6 Å². The molecule has 106 valence electrons. The molecule has 3 nitrogen and oxygen atoms in total. The lowest BCUT2D eigenvalue weighted by atomic mass is 10.1. The predicted molar refractivity (Wildman–Crippen MR) is 79.0 cm³/mol. The lowest BCUT2D eigenvalue weighted by molar-refractivity contribution is 0.179. The van der Waals surface area contributed by atoms with Gasteiger partial charge in [-0.1, -0.05) is 13.0 Å². The molecule has 0 bridgehead atoms. The molecule has 1 atom stereocenters. The summed E-state index contributed by atoms with van der Waals surface area (Å²) in [7, 11) is 1.76. The molecular formula is C16H25NO2. The zero-order valence-corrected chi connectivity index (χ0v) is 12.2. The molecular weight excluding hydrogens is 238 g/mol. The maximum atomic E-state index is 5.84. The normalized spacial score (nSPS) is 16.2. The molecule has 0 aromatic heterocycles. The first-order valence-electron chi connectivity index (χ1n) is 7.23. The second kappa shape index (κ2) is 6.80. The van der Waals surface area contributed by atoms with E-state index in [1.54, 1.807) is 7.11 Å². The standard InChI is InChI=1S/C16H25NO2/c1-4-9-19-16-10-12(2)5-8-14(16)17-15(11-18-3)13-6-7-13/h5,8,10,13,15,17H,4,6-7,9,11H2,1-3H3. The Morgan fingerprint density at radius 2 is 2.16 bits per heavy atom. The van der Waals surface area contributed by atoms with Gasteiger partial charge < -0.3 is 14.8 Å². The van der Waals surface area contributed by atoms with Crippen LogP contribution in [0.1, 0.15) is 31.7 Å². The van der Waals surface area contributed by atoms with E-state index in [9.17, 15) is 0 Å². The number of benzene rings is 1. The Kier molecular flexibility index (Phi) is 5.08. The molecule has 0 heterocycles. The topological polar surface area (TPSA) is 30.5 Å². The molecule has 1 N–H and O–H groups in total. The van der Waals surface area contributed by atoms with Crippen LogP contribution in [0.5, 0.6) is 5.75 Å². The summed E-state index contributed by atoms with van der Waals surface area (Å²) in [5.74, 6) is 1.71. The highest BCUT2D eigenvalue weighted by Gasteiger charge is 2.31. The lowest BCUT2D eigenvalue weighted by Crippen LogP contribution is -2.27. The fraction of sp³-hybridized carbons (Fsp3) is 0.625. The van der Waals surface area contributed by atoms with Gasteiger partial charge in [0, 0.05) is 7.11 Å². The number of rotatable bonds is 8. The van der Waals surface area contributed by atoms with Gasteiger partial charge in [-0.2, -0.15) is 0 Å². The van der Waals surface area contributed by atoms with E-state index >= 15 is 0 Å². The fourth-order valence-electron chi connectivity index (χ4n) is 2.25. The molecule has 1 unspecified atom stereocenters. The number of aryl methyl sites for hydroxylation is 1. The van der Waals surface area contributed by atoms with E-state index in [0.717, 1.165) is 37.0 Å². The summed E-state index contributed by atoms with van der Waals surface area (Å²) in [5, 5.41) is 3.60. The Balaban J connectivity index is 2.08. The van der Waals surface area contributed by atoms with Gasteiger partial charge in [-0.3, -0.25) is 0 Å². The highest BCUT2D eigenvalue weighted by atomic mass is 16.5. The summed E-state index contributed by atoms with van der Waals surface area (Å²) in [6.07, 6.45) is 3.63. The van der Waals surface area contributed by atoms with Gasteiger partial charge in [0.05, 0.1) is 24.9 Å². The maximum Gasteiger partial charge on any atom is 0.142 e. The van der Waals surface area contributed by atoms with E-state index in [1.807, 2.05) is 0 Å². The Labute approximate surface area is 116 Å². The summed E-state index contributed by atoms with van der Waals surface area (Å²) in [4.78, 5) is 0. The fourth-order valence-corrected chi connectivity index (χ4v) is 2.25. The summed E-state index contributed by atoms with van der Waals surface area (Å²) >= 11 is 0. The quantitative estimate of drug-likeness (QED) is 0.777. The van der Waals surface area contributed by atoms with Crippen molar-refractivity contribution in [3.8, 4) is 5.75 Å². The summed E-state index contributed by atoms with van der Waals surface area (Å²) in [6, 6.07) is 6.74. The van der Waals surface area contributed by atoms with E-state index in [2.05, 4.69) is 37.4 Å². The summed E-state index contributed by atoms with van der Waals surface area (Å²) in [5.41, 5.74) is 2.32. The molecule has 0 saturated heterocycles. The van der Waals surface area contributed by atoms with Gasteiger partial charge in [0.2, 0.25) is 0 Å². The minimum absolute atomic E-state index is 0.400. The van der Waals surface area contributed by atoms with Crippen molar-refractivity contribution in [3.05, 3.63) is 23.8 Å². The van der Waals surface area contributed by atoms with Crippen LogP contribution in [-0.4, -0.2) is 26.4 Å². The Morgan fingerprint density at radius 1 is 1.37 bits per heavy atom. The third-order valence-corrected chi connectivity index (χ3v) is 3.48. The monoisotopic (exact) mass is 263 g/mol. The van der Waals surface area contributed by atoms with Crippen molar-refractivity contribution in [2.24, 2.45) is 5.92 Å². The van der Waals surface area contributed by atoms with Gasteiger partial charge >= 0.3 is 0 Å². The first-order chi connectivity index (χ1) is 9.24. The van der Waals surface area contributed by atoms with Crippen molar-refractivity contribution in [1.82, 2.24) is 0 Å². The lowest BCUT2D eigenvalue weighted by Gasteiger charge is -2.21. The van der Waals surface area contributed by atoms with Gasteiger partial charge in [-0.15, -0.1) is 0 Å². The third-order valence-electron chi connectivity index (χ3n) is 3.48. The number of hydrogen-bond donors (Lipinski definition) is 1. The molecule has 19 heavy (non-hydrogen) atoms. The minimum Gasteiger partial charge on any atom is -0.491 e. The molecule has 1 aromatic carbocycles. The average Bonchev–Trinajstić information content (AvgIpc) is 3.22. The Morgan fingerprint density at radius 3 is 2.79 bits per heavy atom. The molecule has 1 aliphatic rings. The molecule has 0 spiro atoms. The molecule has 1 aliphatic carbocycles. The van der Waals surface area contributed by atoms with E-state index in [1.165, 1.54) is 18.4 Å². The third kappa shape index (κ3) is 4.13. The first-order valence-corrected chi connectivity index (χ1v) is 7.23.